The molecule has 0 aliphatic heterocycles. The summed E-state index contributed by atoms with van der Waals surface area (Å²) in [5.74, 6) is 0.272. The molecule has 1 nitrogen and oxygen atoms in total. The van der Waals surface area contributed by atoms with E-state index in [9.17, 15) is 13.2 Å². The Morgan fingerprint density at radius 1 is 1.00 bits per heavy atom. The Balaban J connectivity index is 2.56. The lowest BCUT2D eigenvalue weighted by Crippen LogP contribution is -2.17. The van der Waals surface area contributed by atoms with Crippen LogP contribution in [0.1, 0.15) is 63.9 Å². The first-order valence-corrected chi connectivity index (χ1v) is 7.32. The van der Waals surface area contributed by atoms with Crippen molar-refractivity contribution in [3.63, 3.8) is 0 Å². The van der Waals surface area contributed by atoms with Crippen molar-refractivity contribution in [3.8, 4) is 5.75 Å². The van der Waals surface area contributed by atoms with Crippen LogP contribution in [-0.2, 0) is 0 Å². The van der Waals surface area contributed by atoms with E-state index >= 15 is 0 Å². The number of ether oxygens (including phenoxy) is 1. The number of alkyl halides is 3. The highest BCUT2D eigenvalue weighted by Crippen LogP contribution is 2.29. The molecule has 0 N–H and O–H groups in total. The molecule has 1 aromatic carbocycles. The van der Waals surface area contributed by atoms with Crippen molar-refractivity contribution in [2.45, 2.75) is 64.7 Å². The van der Waals surface area contributed by atoms with E-state index < -0.39 is 6.36 Å². The zero-order valence-electron chi connectivity index (χ0n) is 12.2. The number of hydrogen-bond acceptors (Lipinski definition) is 1. The lowest BCUT2D eigenvalue weighted by Gasteiger charge is -2.16. The largest absolute Gasteiger partial charge is 0.573 e. The van der Waals surface area contributed by atoms with Crippen molar-refractivity contribution in [2.75, 3.05) is 0 Å². The van der Waals surface area contributed by atoms with Crippen molar-refractivity contribution in [3.05, 3.63) is 29.8 Å². The minimum atomic E-state index is -4.62. The second-order valence-electron chi connectivity index (χ2n) is 5.07. The van der Waals surface area contributed by atoms with Gasteiger partial charge in [0.25, 0.3) is 0 Å². The molecule has 0 saturated carbocycles. The van der Waals surface area contributed by atoms with E-state index in [4.69, 9.17) is 0 Å². The number of rotatable bonds is 8. The van der Waals surface area contributed by atoms with E-state index in [1.54, 1.807) is 12.1 Å². The fraction of sp³-hybridized carbons (Fsp3) is 0.625. The van der Waals surface area contributed by atoms with Crippen LogP contribution in [0.2, 0.25) is 0 Å². The van der Waals surface area contributed by atoms with Gasteiger partial charge in [-0.15, -0.1) is 13.2 Å². The van der Waals surface area contributed by atoms with E-state index in [0.717, 1.165) is 18.4 Å². The Kier molecular flexibility index (Phi) is 6.89. The summed E-state index contributed by atoms with van der Waals surface area (Å²) in [6.07, 6.45) is 2.33. The smallest absolute Gasteiger partial charge is 0.406 e. The fourth-order valence-electron chi connectivity index (χ4n) is 2.37. The quantitative estimate of drug-likeness (QED) is 0.529. The van der Waals surface area contributed by atoms with Gasteiger partial charge in [-0.1, -0.05) is 51.7 Å². The monoisotopic (exact) mass is 288 g/mol. The minimum Gasteiger partial charge on any atom is -0.406 e. The van der Waals surface area contributed by atoms with Gasteiger partial charge in [0, 0.05) is 0 Å². The third-order valence-corrected chi connectivity index (χ3v) is 3.48. The highest BCUT2D eigenvalue weighted by atomic mass is 19.4. The van der Waals surface area contributed by atoms with Crippen LogP contribution < -0.4 is 4.74 Å². The van der Waals surface area contributed by atoms with Gasteiger partial charge in [0.1, 0.15) is 5.75 Å². The average Bonchev–Trinajstić information content (AvgIpc) is 2.38. The molecule has 4 heteroatoms. The zero-order valence-corrected chi connectivity index (χ0v) is 12.2. The Labute approximate surface area is 119 Å². The molecule has 114 valence electrons. The maximum atomic E-state index is 12.1. The van der Waals surface area contributed by atoms with E-state index in [1.807, 2.05) is 0 Å². The molecule has 0 aromatic heterocycles. The topological polar surface area (TPSA) is 9.23 Å². The van der Waals surface area contributed by atoms with E-state index in [-0.39, 0.29) is 5.75 Å². The molecule has 0 saturated heterocycles. The molecule has 20 heavy (non-hydrogen) atoms. The molecule has 0 fully saturated rings. The van der Waals surface area contributed by atoms with Crippen LogP contribution in [0.4, 0.5) is 13.2 Å². The standard InChI is InChI=1S/C16H23F3O/c1-3-5-6-7-8-13(4-2)14-9-11-15(12-10-14)20-16(17,18)19/h9-13H,3-8H2,1-2H3. The summed E-state index contributed by atoms with van der Waals surface area (Å²) in [6, 6.07) is 6.29. The Bertz CT molecular complexity index is 370. The van der Waals surface area contributed by atoms with Gasteiger partial charge >= 0.3 is 6.36 Å². The second kappa shape index (κ2) is 8.18. The average molecular weight is 288 g/mol. The van der Waals surface area contributed by atoms with Gasteiger partial charge < -0.3 is 4.74 Å². The zero-order chi connectivity index (χ0) is 15.0. The molecule has 0 heterocycles. The molecule has 0 bridgehead atoms. The lowest BCUT2D eigenvalue weighted by atomic mass is 9.91. The van der Waals surface area contributed by atoms with Crippen LogP contribution in [0, 0.1) is 0 Å². The van der Waals surface area contributed by atoms with Crippen molar-refractivity contribution in [1.29, 1.82) is 0 Å². The van der Waals surface area contributed by atoms with Crippen LogP contribution in [0.25, 0.3) is 0 Å². The molecule has 1 rings (SSSR count). The van der Waals surface area contributed by atoms with Crippen molar-refractivity contribution in [2.24, 2.45) is 0 Å². The first kappa shape index (κ1) is 16.9. The van der Waals surface area contributed by atoms with Crippen LogP contribution in [0.3, 0.4) is 0 Å². The number of benzene rings is 1. The Morgan fingerprint density at radius 3 is 2.15 bits per heavy atom. The lowest BCUT2D eigenvalue weighted by molar-refractivity contribution is -0.274. The van der Waals surface area contributed by atoms with E-state index in [0.29, 0.717) is 5.92 Å². The van der Waals surface area contributed by atoms with Crippen LogP contribution in [-0.4, -0.2) is 6.36 Å². The Morgan fingerprint density at radius 2 is 1.65 bits per heavy atom. The van der Waals surface area contributed by atoms with Gasteiger partial charge in [-0.3, -0.25) is 0 Å². The number of hydrogen-bond donors (Lipinski definition) is 0. The molecule has 0 aliphatic rings. The third kappa shape index (κ3) is 6.31. The fourth-order valence-corrected chi connectivity index (χ4v) is 2.37. The SMILES string of the molecule is CCCCCCC(CC)c1ccc(OC(F)(F)F)cc1. The maximum absolute atomic E-state index is 12.1. The summed E-state index contributed by atoms with van der Waals surface area (Å²) in [5.41, 5.74) is 1.10. The number of unbranched alkanes of at least 4 members (excludes halogenated alkanes) is 3. The maximum Gasteiger partial charge on any atom is 0.573 e. The molecule has 0 amide bonds. The van der Waals surface area contributed by atoms with Crippen LogP contribution in [0.15, 0.2) is 24.3 Å². The highest BCUT2D eigenvalue weighted by Gasteiger charge is 2.31. The first-order chi connectivity index (χ1) is 9.46. The minimum absolute atomic E-state index is 0.151. The molecule has 0 radical (unpaired) electrons. The normalized spacial score (nSPS) is 13.2. The predicted molar refractivity (Wildman–Crippen MR) is 74.9 cm³/mol. The van der Waals surface area contributed by atoms with Crippen molar-refractivity contribution >= 4 is 0 Å². The molecule has 0 aliphatic carbocycles. The van der Waals surface area contributed by atoms with Crippen molar-refractivity contribution in [1.82, 2.24) is 0 Å². The van der Waals surface area contributed by atoms with Crippen LogP contribution >= 0.6 is 0 Å². The summed E-state index contributed by atoms with van der Waals surface area (Å²) in [5, 5.41) is 0. The molecular weight excluding hydrogens is 265 g/mol. The van der Waals surface area contributed by atoms with Gasteiger partial charge in [-0.2, -0.15) is 0 Å². The molecule has 1 aromatic rings. The summed E-state index contributed by atoms with van der Waals surface area (Å²) in [4.78, 5) is 0. The third-order valence-electron chi connectivity index (χ3n) is 3.48. The number of halogens is 3. The molecule has 0 spiro atoms. The van der Waals surface area contributed by atoms with Gasteiger partial charge in [-0.25, -0.2) is 0 Å². The second-order valence-corrected chi connectivity index (χ2v) is 5.07. The molecule has 1 unspecified atom stereocenters. The van der Waals surface area contributed by atoms with E-state index in [1.165, 1.54) is 37.8 Å². The summed E-state index contributed by atoms with van der Waals surface area (Å²) in [6.45, 7) is 4.29. The predicted octanol–water partition coefficient (Wildman–Crippen LogP) is 6.05. The van der Waals surface area contributed by atoms with Gasteiger partial charge in [0.05, 0.1) is 0 Å². The molecule has 1 atom stereocenters. The Hall–Kier alpha value is -1.19. The molecular formula is C16H23F3O. The van der Waals surface area contributed by atoms with Crippen LogP contribution in [0.5, 0.6) is 5.75 Å². The van der Waals surface area contributed by atoms with Gasteiger partial charge in [0.15, 0.2) is 0 Å². The summed E-state index contributed by atoms with van der Waals surface area (Å²) in [7, 11) is 0. The van der Waals surface area contributed by atoms with Gasteiger partial charge in [-0.05, 0) is 36.5 Å². The first-order valence-electron chi connectivity index (χ1n) is 7.32. The summed E-state index contributed by atoms with van der Waals surface area (Å²) < 4.78 is 40.1. The summed E-state index contributed by atoms with van der Waals surface area (Å²) >= 11 is 0. The van der Waals surface area contributed by atoms with E-state index in [2.05, 4.69) is 18.6 Å². The van der Waals surface area contributed by atoms with Crippen molar-refractivity contribution < 1.29 is 17.9 Å². The van der Waals surface area contributed by atoms with Gasteiger partial charge in [0.2, 0.25) is 0 Å². The highest BCUT2D eigenvalue weighted by molar-refractivity contribution is 5.29.